The van der Waals surface area contributed by atoms with Gasteiger partial charge in [-0.15, -0.1) is 0 Å². The fraction of sp³-hybridized carbons (Fsp3) is 0.417. The third-order valence-electron chi connectivity index (χ3n) is 2.41. The smallest absolute Gasteiger partial charge is 0.146 e. The fourth-order valence-electron chi connectivity index (χ4n) is 1.60. The lowest BCUT2D eigenvalue weighted by atomic mass is 10.1. The van der Waals surface area contributed by atoms with Crippen LogP contribution in [0, 0.1) is 17.1 Å². The second-order valence-electron chi connectivity index (χ2n) is 3.68. The van der Waals surface area contributed by atoms with Crippen LogP contribution in [0.1, 0.15) is 25.0 Å². The standard InChI is InChI=1S/C12H15FN2O/c1-9(16)10-5-3-6-11(13)12(10)15(2)8-4-7-14/h3,5-6,9,16H,4,8H2,1-2H3. The van der Waals surface area contributed by atoms with Crippen LogP contribution in [-0.2, 0) is 0 Å². The predicted octanol–water partition coefficient (Wildman–Crippen LogP) is 2.23. The van der Waals surface area contributed by atoms with Crippen molar-refractivity contribution in [1.82, 2.24) is 0 Å². The van der Waals surface area contributed by atoms with Gasteiger partial charge in [0, 0.05) is 19.2 Å². The van der Waals surface area contributed by atoms with Gasteiger partial charge in [-0.3, -0.25) is 0 Å². The second kappa shape index (κ2) is 5.47. The molecule has 1 aromatic rings. The first-order valence-electron chi connectivity index (χ1n) is 5.12. The molecule has 16 heavy (non-hydrogen) atoms. The van der Waals surface area contributed by atoms with E-state index in [0.717, 1.165) is 0 Å². The van der Waals surface area contributed by atoms with Crippen molar-refractivity contribution in [3.63, 3.8) is 0 Å². The zero-order valence-corrected chi connectivity index (χ0v) is 9.44. The van der Waals surface area contributed by atoms with Crippen LogP contribution in [0.4, 0.5) is 10.1 Å². The number of benzene rings is 1. The maximum Gasteiger partial charge on any atom is 0.146 e. The molecule has 1 aromatic carbocycles. The Balaban J connectivity index is 3.05. The number of aliphatic hydroxyl groups is 1. The highest BCUT2D eigenvalue weighted by Crippen LogP contribution is 2.28. The van der Waals surface area contributed by atoms with Gasteiger partial charge in [0.1, 0.15) is 5.82 Å². The Morgan fingerprint density at radius 1 is 1.56 bits per heavy atom. The minimum atomic E-state index is -0.727. The van der Waals surface area contributed by atoms with E-state index < -0.39 is 6.10 Å². The van der Waals surface area contributed by atoms with Crippen molar-refractivity contribution < 1.29 is 9.50 Å². The lowest BCUT2D eigenvalue weighted by molar-refractivity contribution is 0.199. The summed E-state index contributed by atoms with van der Waals surface area (Å²) < 4.78 is 13.7. The molecule has 86 valence electrons. The number of para-hydroxylation sites is 1. The molecule has 4 heteroatoms. The molecule has 0 aliphatic rings. The summed E-state index contributed by atoms with van der Waals surface area (Å²) >= 11 is 0. The van der Waals surface area contributed by atoms with Gasteiger partial charge in [0.15, 0.2) is 0 Å². The van der Waals surface area contributed by atoms with Crippen LogP contribution < -0.4 is 4.90 Å². The fourth-order valence-corrected chi connectivity index (χ4v) is 1.60. The Labute approximate surface area is 94.7 Å². The molecule has 0 aliphatic heterocycles. The topological polar surface area (TPSA) is 47.3 Å². The molecule has 0 saturated heterocycles. The maximum atomic E-state index is 13.7. The summed E-state index contributed by atoms with van der Waals surface area (Å²) in [7, 11) is 1.71. The van der Waals surface area contributed by atoms with E-state index in [2.05, 4.69) is 0 Å². The number of aliphatic hydroxyl groups excluding tert-OH is 1. The predicted molar refractivity (Wildman–Crippen MR) is 60.5 cm³/mol. The van der Waals surface area contributed by atoms with Crippen LogP contribution in [-0.4, -0.2) is 18.7 Å². The van der Waals surface area contributed by atoms with Crippen molar-refractivity contribution in [3.8, 4) is 6.07 Å². The summed E-state index contributed by atoms with van der Waals surface area (Å²) in [5.74, 6) is -0.376. The molecule has 1 N–H and O–H groups in total. The van der Waals surface area contributed by atoms with Crippen molar-refractivity contribution in [2.45, 2.75) is 19.4 Å². The lowest BCUT2D eigenvalue weighted by Gasteiger charge is -2.23. The number of rotatable bonds is 4. The average molecular weight is 222 g/mol. The van der Waals surface area contributed by atoms with Crippen LogP contribution >= 0.6 is 0 Å². The van der Waals surface area contributed by atoms with Gasteiger partial charge < -0.3 is 10.0 Å². The third-order valence-corrected chi connectivity index (χ3v) is 2.41. The highest BCUT2D eigenvalue weighted by atomic mass is 19.1. The summed E-state index contributed by atoms with van der Waals surface area (Å²) in [6.45, 7) is 2.04. The van der Waals surface area contributed by atoms with Crippen LogP contribution in [0.3, 0.4) is 0 Å². The van der Waals surface area contributed by atoms with Gasteiger partial charge in [-0.2, -0.15) is 5.26 Å². The molecular weight excluding hydrogens is 207 g/mol. The van der Waals surface area contributed by atoms with E-state index in [4.69, 9.17) is 5.26 Å². The molecule has 0 radical (unpaired) electrons. The van der Waals surface area contributed by atoms with E-state index in [-0.39, 0.29) is 5.82 Å². The van der Waals surface area contributed by atoms with Crippen molar-refractivity contribution >= 4 is 5.69 Å². The first kappa shape index (κ1) is 12.5. The quantitative estimate of drug-likeness (QED) is 0.849. The second-order valence-corrected chi connectivity index (χ2v) is 3.68. The molecule has 0 bridgehead atoms. The van der Waals surface area contributed by atoms with Crippen molar-refractivity contribution in [1.29, 1.82) is 5.26 Å². The Morgan fingerprint density at radius 3 is 2.81 bits per heavy atom. The van der Waals surface area contributed by atoms with E-state index in [0.29, 0.717) is 24.2 Å². The molecule has 0 heterocycles. The summed E-state index contributed by atoms with van der Waals surface area (Å²) in [5.41, 5.74) is 0.910. The molecule has 3 nitrogen and oxygen atoms in total. The Kier molecular flexibility index (Phi) is 4.27. The summed E-state index contributed by atoms with van der Waals surface area (Å²) in [4.78, 5) is 1.65. The molecule has 1 unspecified atom stereocenters. The Bertz CT molecular complexity index is 398. The third kappa shape index (κ3) is 2.71. The molecule has 0 aromatic heterocycles. The summed E-state index contributed by atoms with van der Waals surface area (Å²) in [6, 6.07) is 6.62. The van der Waals surface area contributed by atoms with Crippen molar-refractivity contribution in [3.05, 3.63) is 29.6 Å². The molecule has 0 saturated carbocycles. The van der Waals surface area contributed by atoms with Gasteiger partial charge in [-0.25, -0.2) is 4.39 Å². The Hall–Kier alpha value is -1.60. The molecule has 1 atom stereocenters. The van der Waals surface area contributed by atoms with Crippen LogP contribution in [0.2, 0.25) is 0 Å². The number of hydrogen-bond donors (Lipinski definition) is 1. The molecule has 1 rings (SSSR count). The highest BCUT2D eigenvalue weighted by Gasteiger charge is 2.15. The van der Waals surface area contributed by atoms with Gasteiger partial charge in [0.2, 0.25) is 0 Å². The number of nitrogens with zero attached hydrogens (tertiary/aromatic N) is 2. The minimum Gasteiger partial charge on any atom is -0.389 e. The highest BCUT2D eigenvalue weighted by molar-refractivity contribution is 5.55. The zero-order valence-electron chi connectivity index (χ0n) is 9.44. The first-order chi connectivity index (χ1) is 7.57. The number of nitriles is 1. The summed E-state index contributed by atoms with van der Waals surface area (Å²) in [6.07, 6.45) is -0.403. The van der Waals surface area contributed by atoms with Crippen LogP contribution in [0.5, 0.6) is 0 Å². The maximum absolute atomic E-state index is 13.7. The van der Waals surface area contributed by atoms with Gasteiger partial charge >= 0.3 is 0 Å². The lowest BCUT2D eigenvalue weighted by Crippen LogP contribution is -2.21. The first-order valence-corrected chi connectivity index (χ1v) is 5.12. The zero-order chi connectivity index (χ0) is 12.1. The van der Waals surface area contributed by atoms with Crippen molar-refractivity contribution in [2.75, 3.05) is 18.5 Å². The molecule has 0 amide bonds. The van der Waals surface area contributed by atoms with Gasteiger partial charge in [0.25, 0.3) is 0 Å². The van der Waals surface area contributed by atoms with Gasteiger partial charge in [0.05, 0.1) is 24.3 Å². The summed E-state index contributed by atoms with van der Waals surface area (Å²) in [5, 5.41) is 18.0. The van der Waals surface area contributed by atoms with E-state index >= 15 is 0 Å². The van der Waals surface area contributed by atoms with E-state index in [1.54, 1.807) is 31.0 Å². The van der Waals surface area contributed by atoms with E-state index in [1.807, 2.05) is 6.07 Å². The molecule has 0 spiro atoms. The number of anilines is 1. The largest absolute Gasteiger partial charge is 0.389 e. The molecule has 0 fully saturated rings. The van der Waals surface area contributed by atoms with Gasteiger partial charge in [-0.1, -0.05) is 12.1 Å². The van der Waals surface area contributed by atoms with Crippen molar-refractivity contribution in [2.24, 2.45) is 0 Å². The SMILES string of the molecule is CC(O)c1cccc(F)c1N(C)CCC#N. The minimum absolute atomic E-state index is 0.323. The number of halogens is 1. The van der Waals surface area contributed by atoms with E-state index in [9.17, 15) is 9.50 Å². The van der Waals surface area contributed by atoms with Gasteiger partial charge in [-0.05, 0) is 13.0 Å². The Morgan fingerprint density at radius 2 is 2.25 bits per heavy atom. The van der Waals surface area contributed by atoms with Crippen LogP contribution in [0.25, 0.3) is 0 Å². The monoisotopic (exact) mass is 222 g/mol. The van der Waals surface area contributed by atoms with Crippen LogP contribution in [0.15, 0.2) is 18.2 Å². The van der Waals surface area contributed by atoms with E-state index in [1.165, 1.54) is 6.07 Å². The number of hydrogen-bond acceptors (Lipinski definition) is 3. The average Bonchev–Trinajstić information content (AvgIpc) is 2.25. The normalized spacial score (nSPS) is 11.9. The molecular formula is C12H15FN2O. The molecule has 0 aliphatic carbocycles.